The summed E-state index contributed by atoms with van der Waals surface area (Å²) in [6.07, 6.45) is 9.98. The molecule has 0 aliphatic heterocycles. The van der Waals surface area contributed by atoms with Gasteiger partial charge in [-0.05, 0) is 57.6 Å². The van der Waals surface area contributed by atoms with Crippen molar-refractivity contribution >= 4 is 11.8 Å². The molecular weight excluding hydrogens is 342 g/mol. The molecule has 0 aromatic carbocycles. The minimum absolute atomic E-state index is 0.149. The molecule has 2 bridgehead atoms. The van der Waals surface area contributed by atoms with Crippen molar-refractivity contribution in [1.82, 2.24) is 25.6 Å². The van der Waals surface area contributed by atoms with E-state index in [1.54, 1.807) is 24.5 Å². The minimum atomic E-state index is -0.293. The number of nitrogens with zero attached hydrogens (tertiary/aromatic N) is 3. The van der Waals surface area contributed by atoms with Crippen molar-refractivity contribution in [2.24, 2.45) is 0 Å². The average molecular weight is 365 g/mol. The molecule has 2 fully saturated rings. The van der Waals surface area contributed by atoms with E-state index < -0.39 is 0 Å². The van der Waals surface area contributed by atoms with Gasteiger partial charge in [-0.3, -0.25) is 19.6 Å². The fraction of sp³-hybridized carbons (Fsp3) is 0.450. The van der Waals surface area contributed by atoms with E-state index in [0.29, 0.717) is 17.1 Å². The van der Waals surface area contributed by atoms with Gasteiger partial charge < -0.3 is 10.6 Å². The molecule has 2 atom stereocenters. The van der Waals surface area contributed by atoms with Crippen LogP contribution in [0.5, 0.6) is 0 Å². The van der Waals surface area contributed by atoms with E-state index in [9.17, 15) is 9.59 Å². The van der Waals surface area contributed by atoms with Crippen molar-refractivity contribution in [3.8, 4) is 0 Å². The Morgan fingerprint density at radius 3 is 2.30 bits per heavy atom. The Bertz CT molecular complexity index is 872. The number of nitrogens with one attached hydrogen (secondary N) is 2. The molecule has 2 aliphatic carbocycles. The average Bonchev–Trinajstić information content (AvgIpc) is 2.92. The number of fused-ring (bicyclic) bond motifs is 2. The summed E-state index contributed by atoms with van der Waals surface area (Å²) in [5, 5.41) is 6.40. The second kappa shape index (κ2) is 6.72. The number of rotatable bonds is 4. The van der Waals surface area contributed by atoms with Crippen LogP contribution in [0.25, 0.3) is 0 Å². The highest BCUT2D eigenvalue weighted by Gasteiger charge is 2.52. The lowest BCUT2D eigenvalue weighted by Crippen LogP contribution is -2.55. The first kappa shape index (κ1) is 17.6. The van der Waals surface area contributed by atoms with Crippen molar-refractivity contribution in [3.05, 3.63) is 53.9 Å². The van der Waals surface area contributed by atoms with Gasteiger partial charge in [0.05, 0.1) is 11.9 Å². The summed E-state index contributed by atoms with van der Waals surface area (Å²) in [7, 11) is 0. The number of aryl methyl sites for hydroxylation is 1. The van der Waals surface area contributed by atoms with Crippen LogP contribution in [0.3, 0.4) is 0 Å². The third-order valence-corrected chi connectivity index (χ3v) is 5.71. The first-order chi connectivity index (χ1) is 13.0. The van der Waals surface area contributed by atoms with Crippen LogP contribution < -0.4 is 10.6 Å². The number of amides is 2. The highest BCUT2D eigenvalue weighted by atomic mass is 16.2. The normalized spacial score (nSPS) is 26.4. The molecule has 2 N–H and O–H groups in total. The molecule has 2 aromatic heterocycles. The maximum absolute atomic E-state index is 12.7. The quantitative estimate of drug-likeness (QED) is 0.866. The Labute approximate surface area is 158 Å². The van der Waals surface area contributed by atoms with Crippen molar-refractivity contribution < 1.29 is 9.59 Å². The first-order valence-electron chi connectivity index (χ1n) is 9.34. The first-order valence-corrected chi connectivity index (χ1v) is 9.34. The van der Waals surface area contributed by atoms with Crippen LogP contribution in [-0.4, -0.2) is 37.8 Å². The van der Waals surface area contributed by atoms with Crippen molar-refractivity contribution in [2.75, 3.05) is 0 Å². The van der Waals surface area contributed by atoms with Crippen LogP contribution in [0.15, 0.2) is 36.8 Å². The molecule has 0 unspecified atom stereocenters. The SMILES string of the molecule is Cc1cncc(C(=O)N[C@]23CCC[C@@](NC(=O)c4ccccn4)(CC2)C3)n1. The molecule has 4 rings (SSSR count). The zero-order valence-electron chi connectivity index (χ0n) is 15.4. The summed E-state index contributed by atoms with van der Waals surface area (Å²) < 4.78 is 0. The van der Waals surface area contributed by atoms with E-state index in [4.69, 9.17) is 0 Å². The molecular formula is C20H23N5O2. The maximum atomic E-state index is 12.7. The topological polar surface area (TPSA) is 96.9 Å². The summed E-state index contributed by atoms with van der Waals surface area (Å²) in [5.41, 5.74) is 0.905. The fourth-order valence-corrected chi connectivity index (χ4v) is 4.51. The van der Waals surface area contributed by atoms with E-state index in [-0.39, 0.29) is 22.9 Å². The van der Waals surface area contributed by atoms with Gasteiger partial charge in [-0.2, -0.15) is 0 Å². The number of hydrogen-bond donors (Lipinski definition) is 2. The smallest absolute Gasteiger partial charge is 0.271 e. The van der Waals surface area contributed by atoms with Gasteiger partial charge in [0.1, 0.15) is 11.4 Å². The lowest BCUT2D eigenvalue weighted by Gasteiger charge is -2.40. The van der Waals surface area contributed by atoms with Crippen LogP contribution in [0.2, 0.25) is 0 Å². The molecule has 0 spiro atoms. The van der Waals surface area contributed by atoms with E-state index in [1.165, 1.54) is 6.20 Å². The summed E-state index contributed by atoms with van der Waals surface area (Å²) in [6, 6.07) is 5.32. The molecule has 2 aromatic rings. The number of carbonyl (C=O) groups is 2. The number of aromatic nitrogens is 3. The van der Waals surface area contributed by atoms with Crippen LogP contribution in [0.4, 0.5) is 0 Å². The van der Waals surface area contributed by atoms with Crippen LogP contribution in [0, 0.1) is 6.92 Å². The zero-order chi connectivity index (χ0) is 18.9. The Hall–Kier alpha value is -2.83. The van der Waals surface area contributed by atoms with Crippen LogP contribution in [0.1, 0.15) is 65.2 Å². The van der Waals surface area contributed by atoms with Gasteiger partial charge in [-0.25, -0.2) is 4.98 Å². The standard InChI is InChI=1S/C20H23N5O2/c1-14-11-21-12-16(23-14)18(27)25-20-7-4-6-19(13-20,8-9-20)24-17(26)15-5-2-3-10-22-15/h2-3,5,10-12H,4,6-9,13H2,1H3,(H,24,26)(H,25,27)/t19-,20-/m1/s1. The van der Waals surface area contributed by atoms with Gasteiger partial charge in [0.2, 0.25) is 0 Å². The molecule has 2 heterocycles. The molecule has 0 saturated heterocycles. The second-order valence-electron chi connectivity index (χ2n) is 7.76. The van der Waals surface area contributed by atoms with E-state index >= 15 is 0 Å². The Morgan fingerprint density at radius 2 is 1.67 bits per heavy atom. The molecule has 2 aliphatic rings. The number of hydrogen-bond acceptors (Lipinski definition) is 5. The molecule has 2 amide bonds. The second-order valence-corrected chi connectivity index (χ2v) is 7.76. The molecule has 7 heteroatoms. The summed E-state index contributed by atoms with van der Waals surface area (Å²) >= 11 is 0. The van der Waals surface area contributed by atoms with Gasteiger partial charge in [-0.1, -0.05) is 6.07 Å². The Balaban J connectivity index is 1.48. The Morgan fingerprint density at radius 1 is 0.963 bits per heavy atom. The third-order valence-electron chi connectivity index (χ3n) is 5.71. The highest BCUT2D eigenvalue weighted by Crippen LogP contribution is 2.48. The number of pyridine rings is 1. The molecule has 7 nitrogen and oxygen atoms in total. The van der Waals surface area contributed by atoms with Crippen LogP contribution in [-0.2, 0) is 0 Å². The zero-order valence-corrected chi connectivity index (χ0v) is 15.4. The molecule has 140 valence electrons. The Kier molecular flexibility index (Phi) is 4.37. The maximum Gasteiger partial charge on any atom is 0.271 e. The third kappa shape index (κ3) is 3.54. The largest absolute Gasteiger partial charge is 0.345 e. The summed E-state index contributed by atoms with van der Waals surface area (Å²) in [6.45, 7) is 1.82. The lowest BCUT2D eigenvalue weighted by atomic mass is 9.78. The van der Waals surface area contributed by atoms with Gasteiger partial charge in [0.15, 0.2) is 0 Å². The van der Waals surface area contributed by atoms with Gasteiger partial charge in [-0.15, -0.1) is 0 Å². The van der Waals surface area contributed by atoms with Gasteiger partial charge >= 0.3 is 0 Å². The van der Waals surface area contributed by atoms with Crippen LogP contribution >= 0.6 is 0 Å². The van der Waals surface area contributed by atoms with Crippen molar-refractivity contribution in [2.45, 2.75) is 56.5 Å². The predicted molar refractivity (Wildman–Crippen MR) is 99.1 cm³/mol. The van der Waals surface area contributed by atoms with Gasteiger partial charge in [0.25, 0.3) is 11.8 Å². The molecule has 0 radical (unpaired) electrons. The highest BCUT2D eigenvalue weighted by molar-refractivity contribution is 5.93. The molecule has 27 heavy (non-hydrogen) atoms. The van der Waals surface area contributed by atoms with Gasteiger partial charge in [0, 0.05) is 23.5 Å². The molecule has 2 saturated carbocycles. The lowest BCUT2D eigenvalue weighted by molar-refractivity contribution is 0.0826. The van der Waals surface area contributed by atoms with Crippen molar-refractivity contribution in [1.29, 1.82) is 0 Å². The van der Waals surface area contributed by atoms with E-state index in [0.717, 1.165) is 38.5 Å². The fourth-order valence-electron chi connectivity index (χ4n) is 4.51. The summed E-state index contributed by atoms with van der Waals surface area (Å²) in [5.74, 6) is -0.343. The van der Waals surface area contributed by atoms with E-state index in [2.05, 4.69) is 25.6 Å². The summed E-state index contributed by atoms with van der Waals surface area (Å²) in [4.78, 5) is 37.8. The minimum Gasteiger partial charge on any atom is -0.345 e. The monoisotopic (exact) mass is 365 g/mol. The predicted octanol–water partition coefficient (Wildman–Crippen LogP) is 2.19. The van der Waals surface area contributed by atoms with E-state index in [1.807, 2.05) is 13.0 Å². The van der Waals surface area contributed by atoms with Crippen molar-refractivity contribution in [3.63, 3.8) is 0 Å². The number of carbonyl (C=O) groups excluding carboxylic acids is 2.